The Bertz CT molecular complexity index is 339. The number of aliphatic hydroxyl groups is 1. The van der Waals surface area contributed by atoms with Gasteiger partial charge in [-0.25, -0.2) is 4.39 Å². The minimum absolute atomic E-state index is 0.0991. The first kappa shape index (κ1) is 10.4. The molecule has 5 heteroatoms. The Morgan fingerprint density at radius 3 is 2.92 bits per heavy atom. The predicted octanol–water partition coefficient (Wildman–Crippen LogP) is 0.743. The van der Waals surface area contributed by atoms with Crippen LogP contribution in [-0.2, 0) is 6.54 Å². The van der Waals surface area contributed by atoms with Gasteiger partial charge in [0.15, 0.2) is 0 Å². The molecule has 1 unspecified atom stereocenters. The van der Waals surface area contributed by atoms with Crippen LogP contribution in [0, 0.1) is 5.82 Å². The largest absolute Gasteiger partial charge is 0.390 e. The van der Waals surface area contributed by atoms with Crippen molar-refractivity contribution in [3.05, 3.63) is 34.5 Å². The number of pyridine rings is 1. The van der Waals surface area contributed by atoms with Crippen LogP contribution in [0.25, 0.3) is 0 Å². The number of aliphatic hydroxyl groups excluding tert-OH is 1. The van der Waals surface area contributed by atoms with Gasteiger partial charge >= 0.3 is 0 Å². The third-order valence-corrected chi connectivity index (χ3v) is 2.28. The number of halogens is 2. The van der Waals surface area contributed by atoms with Crippen LogP contribution in [0.15, 0.2) is 23.1 Å². The van der Waals surface area contributed by atoms with E-state index < -0.39 is 11.9 Å². The second-order valence-electron chi connectivity index (χ2n) is 2.65. The second-order valence-corrected chi connectivity index (χ2v) is 3.29. The highest BCUT2D eigenvalue weighted by atomic mass is 79.9. The van der Waals surface area contributed by atoms with E-state index in [-0.39, 0.29) is 12.1 Å². The molecule has 1 N–H and O–H groups in total. The van der Waals surface area contributed by atoms with Crippen molar-refractivity contribution < 1.29 is 9.50 Å². The van der Waals surface area contributed by atoms with Gasteiger partial charge in [-0.3, -0.25) is 4.79 Å². The molecule has 0 fully saturated rings. The maximum Gasteiger partial charge on any atom is 0.250 e. The molecule has 1 rings (SSSR count). The maximum absolute atomic E-state index is 12.6. The fraction of sp³-hybridized carbons (Fsp3) is 0.375. The SMILES string of the molecule is O=c1ccc(F)cn1CC(O)CBr. The van der Waals surface area contributed by atoms with Crippen molar-refractivity contribution in [3.63, 3.8) is 0 Å². The molecule has 0 aliphatic heterocycles. The van der Waals surface area contributed by atoms with Gasteiger partial charge in [0.2, 0.25) is 0 Å². The standard InChI is InChI=1S/C8H9BrFNO2/c9-3-7(12)5-11-4-6(10)1-2-8(11)13/h1-2,4,7,12H,3,5H2. The van der Waals surface area contributed by atoms with E-state index in [1.165, 1.54) is 0 Å². The fourth-order valence-electron chi connectivity index (χ4n) is 0.921. The molecule has 3 nitrogen and oxygen atoms in total. The van der Waals surface area contributed by atoms with Crippen molar-refractivity contribution in [1.82, 2.24) is 4.57 Å². The van der Waals surface area contributed by atoms with Gasteiger partial charge in [0.25, 0.3) is 5.56 Å². The molecule has 0 spiro atoms. The summed E-state index contributed by atoms with van der Waals surface area (Å²) >= 11 is 3.06. The lowest BCUT2D eigenvalue weighted by molar-refractivity contribution is 0.177. The number of nitrogens with zero attached hydrogens (tertiary/aromatic N) is 1. The summed E-state index contributed by atoms with van der Waals surface area (Å²) in [7, 11) is 0. The third-order valence-electron chi connectivity index (χ3n) is 1.53. The maximum atomic E-state index is 12.6. The zero-order valence-corrected chi connectivity index (χ0v) is 8.37. The van der Waals surface area contributed by atoms with E-state index in [1.807, 2.05) is 0 Å². The third kappa shape index (κ3) is 2.93. The van der Waals surface area contributed by atoms with Crippen LogP contribution in [0.5, 0.6) is 0 Å². The average molecular weight is 250 g/mol. The van der Waals surface area contributed by atoms with Crippen LogP contribution >= 0.6 is 15.9 Å². The first-order chi connectivity index (χ1) is 6.13. The molecule has 1 atom stereocenters. The predicted molar refractivity (Wildman–Crippen MR) is 50.5 cm³/mol. The summed E-state index contributed by atoms with van der Waals surface area (Å²) < 4.78 is 13.8. The van der Waals surface area contributed by atoms with Crippen LogP contribution in [0.3, 0.4) is 0 Å². The summed E-state index contributed by atoms with van der Waals surface area (Å²) in [5.74, 6) is -0.485. The van der Waals surface area contributed by atoms with E-state index in [4.69, 9.17) is 0 Å². The molecule has 0 aliphatic rings. The van der Waals surface area contributed by atoms with E-state index in [0.29, 0.717) is 5.33 Å². The summed E-state index contributed by atoms with van der Waals surface area (Å²) in [5.41, 5.74) is -0.318. The van der Waals surface area contributed by atoms with E-state index in [0.717, 1.165) is 22.9 Å². The van der Waals surface area contributed by atoms with Crippen molar-refractivity contribution in [2.24, 2.45) is 0 Å². The van der Waals surface area contributed by atoms with Crippen LogP contribution in [0.1, 0.15) is 0 Å². The van der Waals surface area contributed by atoms with Crippen LogP contribution in [0.4, 0.5) is 4.39 Å². The lowest BCUT2D eigenvalue weighted by atomic mass is 10.4. The Balaban J connectivity index is 2.87. The summed E-state index contributed by atoms with van der Waals surface area (Å²) in [6.45, 7) is 0.0991. The highest BCUT2D eigenvalue weighted by molar-refractivity contribution is 9.09. The van der Waals surface area contributed by atoms with Crippen LogP contribution in [0.2, 0.25) is 0 Å². The Hall–Kier alpha value is -0.680. The number of aromatic nitrogens is 1. The van der Waals surface area contributed by atoms with E-state index in [1.54, 1.807) is 0 Å². The van der Waals surface area contributed by atoms with Gasteiger partial charge < -0.3 is 9.67 Å². The molecule has 1 aromatic heterocycles. The molecule has 0 saturated carbocycles. The quantitative estimate of drug-likeness (QED) is 0.804. The van der Waals surface area contributed by atoms with Crippen LogP contribution in [-0.4, -0.2) is 21.1 Å². The van der Waals surface area contributed by atoms with Gasteiger partial charge in [0.05, 0.1) is 12.6 Å². The average Bonchev–Trinajstić information content (AvgIpc) is 2.11. The molecule has 0 aromatic carbocycles. The highest BCUT2D eigenvalue weighted by Gasteiger charge is 2.04. The van der Waals surface area contributed by atoms with Crippen molar-refractivity contribution in [3.8, 4) is 0 Å². The van der Waals surface area contributed by atoms with Crippen molar-refractivity contribution in [2.75, 3.05) is 5.33 Å². The number of hydrogen-bond acceptors (Lipinski definition) is 2. The number of alkyl halides is 1. The van der Waals surface area contributed by atoms with E-state index >= 15 is 0 Å². The lowest BCUT2D eigenvalue weighted by Crippen LogP contribution is -2.26. The Morgan fingerprint density at radius 2 is 2.31 bits per heavy atom. The Labute approximate surface area is 82.9 Å². The molecule has 0 amide bonds. The van der Waals surface area contributed by atoms with Crippen molar-refractivity contribution >= 4 is 15.9 Å². The molecule has 0 aliphatic carbocycles. The molecular weight excluding hydrogens is 241 g/mol. The first-order valence-corrected chi connectivity index (χ1v) is 4.85. The molecular formula is C8H9BrFNO2. The zero-order valence-electron chi connectivity index (χ0n) is 6.78. The Kier molecular flexibility index (Phi) is 3.62. The van der Waals surface area contributed by atoms with Gasteiger partial charge in [-0.05, 0) is 6.07 Å². The van der Waals surface area contributed by atoms with Gasteiger partial charge in [0, 0.05) is 17.6 Å². The molecule has 1 aromatic rings. The van der Waals surface area contributed by atoms with Gasteiger partial charge in [-0.1, -0.05) is 15.9 Å². The fourth-order valence-corrected chi connectivity index (χ4v) is 1.13. The highest BCUT2D eigenvalue weighted by Crippen LogP contribution is 1.96. The molecule has 72 valence electrons. The normalized spacial score (nSPS) is 12.8. The summed E-state index contributed by atoms with van der Waals surface area (Å²) in [6.07, 6.45) is 0.397. The molecule has 0 radical (unpaired) electrons. The van der Waals surface area contributed by atoms with E-state index in [2.05, 4.69) is 15.9 Å². The number of rotatable bonds is 3. The van der Waals surface area contributed by atoms with Gasteiger partial charge in [0.1, 0.15) is 5.82 Å². The number of hydrogen-bond donors (Lipinski definition) is 1. The summed E-state index contributed by atoms with van der Waals surface area (Å²) in [5, 5.41) is 9.55. The molecule has 0 bridgehead atoms. The first-order valence-electron chi connectivity index (χ1n) is 3.73. The molecule has 0 saturated heterocycles. The smallest absolute Gasteiger partial charge is 0.250 e. The Morgan fingerprint density at radius 1 is 1.62 bits per heavy atom. The van der Waals surface area contributed by atoms with Crippen molar-refractivity contribution in [2.45, 2.75) is 12.6 Å². The molecule has 13 heavy (non-hydrogen) atoms. The summed E-state index contributed by atoms with van der Waals surface area (Å²) in [4.78, 5) is 11.1. The molecule has 1 heterocycles. The van der Waals surface area contributed by atoms with Gasteiger partial charge in [-0.2, -0.15) is 0 Å². The second kappa shape index (κ2) is 4.53. The topological polar surface area (TPSA) is 42.2 Å². The minimum Gasteiger partial charge on any atom is -0.390 e. The zero-order chi connectivity index (χ0) is 9.84. The van der Waals surface area contributed by atoms with Gasteiger partial charge in [-0.15, -0.1) is 0 Å². The minimum atomic E-state index is -0.681. The lowest BCUT2D eigenvalue weighted by Gasteiger charge is -2.08. The van der Waals surface area contributed by atoms with Crippen molar-refractivity contribution in [1.29, 1.82) is 0 Å². The monoisotopic (exact) mass is 249 g/mol. The van der Waals surface area contributed by atoms with E-state index in [9.17, 15) is 14.3 Å². The van der Waals surface area contributed by atoms with Crippen LogP contribution < -0.4 is 5.56 Å². The summed E-state index contributed by atoms with van der Waals surface area (Å²) in [6, 6.07) is 2.23.